The maximum absolute atomic E-state index is 14.3. The molecule has 1 aromatic carbocycles. The number of rotatable bonds is 4. The van der Waals surface area contributed by atoms with Crippen LogP contribution in [-0.2, 0) is 14.4 Å². The third-order valence-corrected chi connectivity index (χ3v) is 6.41. The lowest BCUT2D eigenvalue weighted by Crippen LogP contribution is -2.46. The van der Waals surface area contributed by atoms with Crippen LogP contribution in [0.2, 0.25) is 0 Å². The van der Waals surface area contributed by atoms with Crippen molar-refractivity contribution in [2.45, 2.75) is 37.9 Å². The van der Waals surface area contributed by atoms with Crippen molar-refractivity contribution in [2.24, 2.45) is 11.7 Å². The summed E-state index contributed by atoms with van der Waals surface area (Å²) in [6, 6.07) is 9.10. The highest BCUT2D eigenvalue weighted by molar-refractivity contribution is 5.75. The Bertz CT molecular complexity index is 1800. The Hall–Kier alpha value is -5.81. The van der Waals surface area contributed by atoms with Crippen LogP contribution in [-0.4, -0.2) is 90.5 Å². The van der Waals surface area contributed by atoms with E-state index in [-0.39, 0.29) is 17.3 Å². The molecule has 24 heteroatoms. The number of carboxylic acid groups (broad SMARTS) is 3. The second kappa shape index (κ2) is 17.6. The number of halogens is 11. The number of imidazole rings is 1. The molecule has 3 aromatic heterocycles. The summed E-state index contributed by atoms with van der Waals surface area (Å²) in [5, 5.41) is 29.1. The van der Waals surface area contributed by atoms with Gasteiger partial charge in [-0.2, -0.15) is 49.1 Å². The van der Waals surface area contributed by atoms with Crippen molar-refractivity contribution in [1.82, 2.24) is 19.6 Å². The lowest BCUT2D eigenvalue weighted by atomic mass is 9.96. The third-order valence-electron chi connectivity index (χ3n) is 6.41. The van der Waals surface area contributed by atoms with Gasteiger partial charge < -0.3 is 31.3 Å². The molecule has 6 N–H and O–H groups in total. The number of hydrogen-bond acceptors (Lipinski definition) is 9. The topological polar surface area (TPSA) is 196 Å². The molecule has 0 saturated carbocycles. The molecule has 0 spiro atoms. The normalized spacial score (nSPS) is 15.8. The number of nitrogens with zero attached hydrogens (tertiary/aromatic N) is 5. The monoisotopic (exact) mass is 777 g/mol. The zero-order valence-electron chi connectivity index (χ0n) is 26.5. The van der Waals surface area contributed by atoms with Gasteiger partial charge in [0.1, 0.15) is 11.6 Å². The second-order valence-corrected chi connectivity index (χ2v) is 10.7. The SMILES string of the molecule is C[C@@H]1C[C@H](N)CN(c2ccncc2Nc2ncc3ccc(-c4c(F)cccc4F)nn23)C1.O=C(O)C(F)(F)F.O=C(O)C(F)(F)F.O=C(O)C(F)(F)F. The molecule has 1 saturated heterocycles. The summed E-state index contributed by atoms with van der Waals surface area (Å²) in [5.74, 6) is -8.71. The van der Waals surface area contributed by atoms with Gasteiger partial charge in [-0.15, -0.1) is 0 Å². The average molecular weight is 778 g/mol. The van der Waals surface area contributed by atoms with Gasteiger partial charge in [-0.05, 0) is 42.7 Å². The smallest absolute Gasteiger partial charge is 0.475 e. The first kappa shape index (κ1) is 43.4. The molecule has 0 bridgehead atoms. The van der Waals surface area contributed by atoms with Crippen LogP contribution in [0.4, 0.5) is 65.6 Å². The van der Waals surface area contributed by atoms with E-state index in [1.54, 1.807) is 30.7 Å². The van der Waals surface area contributed by atoms with Crippen molar-refractivity contribution in [3.8, 4) is 11.3 Å². The number of hydrogen-bond donors (Lipinski definition) is 5. The molecule has 290 valence electrons. The largest absolute Gasteiger partial charge is 0.490 e. The molecule has 4 aromatic rings. The number of pyridine rings is 1. The minimum absolute atomic E-state index is 0.104. The molecule has 1 fully saturated rings. The molecule has 4 heterocycles. The standard InChI is InChI=1S/C23H23F2N7.3C2HF3O2/c1-14-9-15(26)13-31(12-14)21-7-8-27-11-20(21)29-23-28-10-16-5-6-19(30-32(16)23)22-17(24)3-2-4-18(22)25;3*3-2(4,5)1(6)7/h2-8,10-11,14-15H,9,12-13,26H2,1H3,(H,28,29);3*(H,6,7)/t14-,15+;;;/m1.../s1. The first-order valence-corrected chi connectivity index (χ1v) is 14.2. The van der Waals surface area contributed by atoms with Crippen LogP contribution in [0, 0.1) is 17.6 Å². The molecule has 1 aliphatic rings. The van der Waals surface area contributed by atoms with Crippen molar-refractivity contribution >= 4 is 40.7 Å². The summed E-state index contributed by atoms with van der Waals surface area (Å²) in [5.41, 5.74) is 8.66. The number of benzene rings is 1. The second-order valence-electron chi connectivity index (χ2n) is 10.7. The lowest BCUT2D eigenvalue weighted by molar-refractivity contribution is -0.193. The Morgan fingerprint density at radius 1 is 0.811 bits per heavy atom. The summed E-state index contributed by atoms with van der Waals surface area (Å²) >= 11 is 0. The number of nitrogens with one attached hydrogen (secondary N) is 1. The number of nitrogens with two attached hydrogens (primary N) is 1. The molecule has 13 nitrogen and oxygen atoms in total. The van der Waals surface area contributed by atoms with Gasteiger partial charge in [0.05, 0.1) is 40.5 Å². The first-order chi connectivity index (χ1) is 24.3. The summed E-state index contributed by atoms with van der Waals surface area (Å²) in [4.78, 5) is 37.6. The fourth-order valence-corrected chi connectivity index (χ4v) is 4.32. The van der Waals surface area contributed by atoms with Crippen molar-refractivity contribution in [2.75, 3.05) is 23.3 Å². The molecule has 0 radical (unpaired) electrons. The highest BCUT2D eigenvalue weighted by atomic mass is 19.4. The number of aliphatic carboxylic acids is 3. The van der Waals surface area contributed by atoms with Crippen LogP contribution < -0.4 is 16.0 Å². The van der Waals surface area contributed by atoms with E-state index in [4.69, 9.17) is 35.4 Å². The molecule has 5 rings (SSSR count). The number of alkyl halides is 9. The van der Waals surface area contributed by atoms with E-state index >= 15 is 0 Å². The highest BCUT2D eigenvalue weighted by Gasteiger charge is 2.39. The Balaban J connectivity index is 0.000000379. The van der Waals surface area contributed by atoms with Crippen LogP contribution in [0.5, 0.6) is 0 Å². The Kier molecular flexibility index (Phi) is 14.4. The van der Waals surface area contributed by atoms with Crippen molar-refractivity contribution < 1.29 is 78.0 Å². The van der Waals surface area contributed by atoms with E-state index in [9.17, 15) is 48.3 Å². The van der Waals surface area contributed by atoms with E-state index in [0.29, 0.717) is 17.4 Å². The van der Waals surface area contributed by atoms with Gasteiger partial charge >= 0.3 is 36.4 Å². The minimum atomic E-state index is -5.08. The van der Waals surface area contributed by atoms with Crippen LogP contribution in [0.3, 0.4) is 0 Å². The van der Waals surface area contributed by atoms with E-state index in [1.807, 2.05) is 6.07 Å². The highest BCUT2D eigenvalue weighted by Crippen LogP contribution is 2.31. The van der Waals surface area contributed by atoms with E-state index in [2.05, 4.69) is 32.2 Å². The minimum Gasteiger partial charge on any atom is -0.475 e. The van der Waals surface area contributed by atoms with E-state index in [0.717, 1.165) is 30.9 Å². The van der Waals surface area contributed by atoms with Crippen molar-refractivity contribution in [3.05, 3.63) is 66.6 Å². The Labute approximate surface area is 289 Å². The number of carboxylic acids is 3. The van der Waals surface area contributed by atoms with E-state index in [1.165, 1.54) is 22.7 Å². The molecule has 0 unspecified atom stereocenters. The zero-order chi connectivity index (χ0) is 40.5. The molecule has 2 atom stereocenters. The molecular formula is C29H26F11N7O6. The maximum atomic E-state index is 14.3. The number of carbonyl (C=O) groups is 3. The molecule has 0 aliphatic carbocycles. The molecule has 1 aliphatic heterocycles. The summed E-state index contributed by atoms with van der Waals surface area (Å²) in [6.07, 6.45) is -9.14. The van der Waals surface area contributed by atoms with Crippen LogP contribution in [0.25, 0.3) is 16.8 Å². The van der Waals surface area contributed by atoms with Gasteiger partial charge in [0, 0.05) is 25.3 Å². The third kappa shape index (κ3) is 13.0. The number of aromatic nitrogens is 4. The summed E-state index contributed by atoms with van der Waals surface area (Å²) in [7, 11) is 0. The van der Waals surface area contributed by atoms with Gasteiger partial charge in [-0.3, -0.25) is 4.98 Å². The maximum Gasteiger partial charge on any atom is 0.490 e. The average Bonchev–Trinajstić information content (AvgIpc) is 3.42. The number of anilines is 3. The van der Waals surface area contributed by atoms with Gasteiger partial charge in [-0.1, -0.05) is 13.0 Å². The molecule has 53 heavy (non-hydrogen) atoms. The van der Waals surface area contributed by atoms with Gasteiger partial charge in [0.25, 0.3) is 0 Å². The quantitative estimate of drug-likeness (QED) is 0.155. The molecule has 0 amide bonds. The zero-order valence-corrected chi connectivity index (χ0v) is 26.5. The predicted octanol–water partition coefficient (Wildman–Crippen LogP) is 5.89. The van der Waals surface area contributed by atoms with Crippen LogP contribution in [0.15, 0.2) is 55.0 Å². The lowest BCUT2D eigenvalue weighted by Gasteiger charge is -2.37. The number of fused-ring (bicyclic) bond motifs is 1. The fourth-order valence-electron chi connectivity index (χ4n) is 4.32. The predicted molar refractivity (Wildman–Crippen MR) is 161 cm³/mol. The molecular weight excluding hydrogens is 751 g/mol. The van der Waals surface area contributed by atoms with Crippen molar-refractivity contribution in [1.29, 1.82) is 0 Å². The van der Waals surface area contributed by atoms with Crippen LogP contribution in [0.1, 0.15) is 13.3 Å². The van der Waals surface area contributed by atoms with Gasteiger partial charge in [0.15, 0.2) is 0 Å². The van der Waals surface area contributed by atoms with Crippen LogP contribution >= 0.6 is 0 Å². The van der Waals surface area contributed by atoms with Gasteiger partial charge in [0.2, 0.25) is 5.95 Å². The first-order valence-electron chi connectivity index (χ1n) is 14.2. The summed E-state index contributed by atoms with van der Waals surface area (Å²) < 4.78 is 125. The summed E-state index contributed by atoms with van der Waals surface area (Å²) in [6.45, 7) is 3.83. The Morgan fingerprint density at radius 3 is 1.79 bits per heavy atom. The van der Waals surface area contributed by atoms with E-state index < -0.39 is 48.1 Å². The van der Waals surface area contributed by atoms with Gasteiger partial charge in [-0.25, -0.2) is 28.1 Å². The Morgan fingerprint density at radius 2 is 1.32 bits per heavy atom. The fraction of sp³-hybridized carbons (Fsp3) is 0.310. The number of piperidine rings is 1. The van der Waals surface area contributed by atoms with Crippen molar-refractivity contribution in [3.63, 3.8) is 0 Å².